The van der Waals surface area contributed by atoms with E-state index in [1.807, 2.05) is 20.8 Å². The first kappa shape index (κ1) is 61.8. The number of hydrogen-bond donors (Lipinski definition) is 4. The number of nitrogens with zero attached hydrogens (tertiary/aromatic N) is 4. The molecule has 7 amide bonds. The third-order valence-corrected chi connectivity index (χ3v) is 17.2. The van der Waals surface area contributed by atoms with Gasteiger partial charge >= 0.3 is 11.9 Å². The van der Waals surface area contributed by atoms with E-state index < -0.39 is 161 Å². The van der Waals surface area contributed by atoms with Crippen LogP contribution in [0.4, 0.5) is 0 Å². The van der Waals surface area contributed by atoms with Crippen molar-refractivity contribution in [2.45, 2.75) is 199 Å². The zero-order valence-electron chi connectivity index (χ0n) is 48.1. The van der Waals surface area contributed by atoms with E-state index in [1.54, 1.807) is 52.0 Å². The number of ether oxygens (including phenoxy) is 3. The van der Waals surface area contributed by atoms with E-state index in [9.17, 15) is 43.5 Å². The summed E-state index contributed by atoms with van der Waals surface area (Å²) in [6.07, 6.45) is -3.38. The molecule has 22 nitrogen and oxygen atoms in total. The zero-order chi connectivity index (χ0) is 58.7. The molecule has 6 rings (SSSR count). The molecule has 436 valence electrons. The van der Waals surface area contributed by atoms with Crippen LogP contribution in [0.1, 0.15) is 139 Å². The smallest absolute Gasteiger partial charge is 0.333 e. The lowest BCUT2D eigenvalue weighted by molar-refractivity contribution is -0.165. The fourth-order valence-corrected chi connectivity index (χ4v) is 12.1. The first-order chi connectivity index (χ1) is 37.1. The molecular weight excluding hydrogens is 1020 g/mol. The number of fused-ring (bicyclic) bond motifs is 1. The molecule has 0 aromatic heterocycles. The third-order valence-electron chi connectivity index (χ3n) is 17.2. The van der Waals surface area contributed by atoms with Gasteiger partial charge in [-0.1, -0.05) is 67.0 Å². The lowest BCUT2D eigenvalue weighted by atomic mass is 9.87. The van der Waals surface area contributed by atoms with Crippen molar-refractivity contribution in [1.29, 1.82) is 0 Å². The Bertz CT molecular complexity index is 2520. The number of amides is 7. The monoisotopic (exact) mass is 1110 g/mol. The van der Waals surface area contributed by atoms with Crippen molar-refractivity contribution >= 4 is 64.9 Å². The molecule has 5 fully saturated rings. The van der Waals surface area contributed by atoms with Crippen molar-refractivity contribution in [1.82, 2.24) is 35.6 Å². The molecule has 5 aliphatic rings. The van der Waals surface area contributed by atoms with Gasteiger partial charge in [-0.25, -0.2) is 4.79 Å². The maximum Gasteiger partial charge on any atom is 0.333 e. The Morgan fingerprint density at radius 1 is 0.911 bits per heavy atom. The Morgan fingerprint density at radius 2 is 1.57 bits per heavy atom. The van der Waals surface area contributed by atoms with Gasteiger partial charge in [-0.05, 0) is 100 Å². The quantitative estimate of drug-likeness (QED) is 0.133. The van der Waals surface area contributed by atoms with Crippen LogP contribution in [-0.2, 0) is 62.2 Å². The van der Waals surface area contributed by atoms with Gasteiger partial charge < -0.3 is 54.9 Å². The molecule has 22 heteroatoms. The van der Waals surface area contributed by atoms with Crippen molar-refractivity contribution in [3.8, 4) is 5.75 Å². The van der Waals surface area contributed by atoms with Crippen molar-refractivity contribution in [3.05, 3.63) is 29.8 Å². The molecule has 79 heavy (non-hydrogen) atoms. The van der Waals surface area contributed by atoms with Crippen LogP contribution in [-0.4, -0.2) is 183 Å². The van der Waals surface area contributed by atoms with Crippen molar-refractivity contribution in [2.75, 3.05) is 27.7 Å². The minimum atomic E-state index is -1.77. The molecule has 0 radical (unpaired) electrons. The standard InChI is InChI=1S/C57H83N7O15/c1-14-30(6)45-43(66)26-44(67)79-48(29(4)5)47(68)32(8)49(69)58-38-25-31(7)39-21-22-41(64(39)53(38)73)55(75)62(12)57(27-37(57)35-17-19-36(77-13)20-18-35)56(76)78-34(10)46(51(71)59-45)60-50(70)42(24-28(2)3)61(11)54(74)40-16-15-23-63(40)52(72)33(9)65/h17-20,28-32,34,37-43,45-46,48,66H,14-16,21-27H2,1-13H3,(H,58,69)(H,59,71)(H,60,70)/t30-,31?,32-,34+,37?,38-,39?,40-,41-,42-,43-,45+,46-,48-,57?/m0/s1. The Morgan fingerprint density at radius 3 is 2.16 bits per heavy atom. The second-order valence-corrected chi connectivity index (χ2v) is 23.4. The van der Waals surface area contributed by atoms with E-state index in [2.05, 4.69) is 16.0 Å². The molecule has 4 heterocycles. The molecule has 1 aromatic carbocycles. The number of likely N-dealkylation sites (N-methyl/N-ethyl adjacent to an activating group) is 2. The van der Waals surface area contributed by atoms with Crippen LogP contribution in [0.15, 0.2) is 24.3 Å². The molecule has 4 unspecified atom stereocenters. The van der Waals surface area contributed by atoms with E-state index in [1.165, 1.54) is 54.7 Å². The summed E-state index contributed by atoms with van der Waals surface area (Å²) >= 11 is 0. The van der Waals surface area contributed by atoms with Crippen LogP contribution in [0.25, 0.3) is 0 Å². The van der Waals surface area contributed by atoms with Crippen LogP contribution >= 0.6 is 0 Å². The summed E-state index contributed by atoms with van der Waals surface area (Å²) in [6, 6.07) is -1.01. The molecule has 1 saturated carbocycles. The van der Waals surface area contributed by atoms with Gasteiger partial charge in [0.05, 0.1) is 31.6 Å². The zero-order valence-corrected chi connectivity index (χ0v) is 48.1. The summed E-state index contributed by atoms with van der Waals surface area (Å²) in [5.41, 5.74) is -1.09. The summed E-state index contributed by atoms with van der Waals surface area (Å²) in [5.74, 6) is -11.8. The number of methoxy groups -OCH3 is 1. The minimum Gasteiger partial charge on any atom is -0.497 e. The third kappa shape index (κ3) is 12.9. The lowest BCUT2D eigenvalue weighted by Gasteiger charge is -2.43. The number of rotatable bonds is 12. The topological polar surface area (TPSA) is 285 Å². The Hall–Kier alpha value is -6.45. The van der Waals surface area contributed by atoms with Crippen LogP contribution < -0.4 is 20.7 Å². The maximum absolute atomic E-state index is 15.3. The van der Waals surface area contributed by atoms with Gasteiger partial charge in [0.2, 0.25) is 41.2 Å². The van der Waals surface area contributed by atoms with E-state index in [-0.39, 0.29) is 50.5 Å². The summed E-state index contributed by atoms with van der Waals surface area (Å²) in [7, 11) is 4.34. The minimum absolute atomic E-state index is 0.0465. The molecule has 15 atom stereocenters. The molecule has 4 saturated heterocycles. The van der Waals surface area contributed by atoms with Gasteiger partial charge in [0.25, 0.3) is 5.91 Å². The molecule has 2 bridgehead atoms. The van der Waals surface area contributed by atoms with E-state index in [0.29, 0.717) is 30.6 Å². The highest BCUT2D eigenvalue weighted by atomic mass is 16.6. The molecule has 4 aliphatic heterocycles. The van der Waals surface area contributed by atoms with Gasteiger partial charge in [0.15, 0.2) is 11.9 Å². The largest absolute Gasteiger partial charge is 0.497 e. The summed E-state index contributed by atoms with van der Waals surface area (Å²) in [4.78, 5) is 161. The number of esters is 2. The highest BCUT2D eigenvalue weighted by Crippen LogP contribution is 2.57. The van der Waals surface area contributed by atoms with Gasteiger partial charge in [-0.2, -0.15) is 0 Å². The highest BCUT2D eigenvalue weighted by molar-refractivity contribution is 6.35. The summed E-state index contributed by atoms with van der Waals surface area (Å²) < 4.78 is 17.4. The molecule has 4 N–H and O–H groups in total. The number of carbonyl (C=O) groups is 11. The Labute approximate surface area is 463 Å². The van der Waals surface area contributed by atoms with Gasteiger partial charge in [0, 0.05) is 39.5 Å². The average molecular weight is 1110 g/mol. The number of Topliss-reactive ketones (excluding diaryl/α,β-unsaturated/α-hetero) is 2. The predicted molar refractivity (Wildman–Crippen MR) is 285 cm³/mol. The Kier molecular flexibility index (Phi) is 19.8. The number of hydrogen-bond acceptors (Lipinski definition) is 15. The number of aliphatic hydroxyl groups excluding tert-OH is 1. The number of aliphatic hydroxyl groups is 1. The van der Waals surface area contributed by atoms with E-state index in [4.69, 9.17) is 14.2 Å². The van der Waals surface area contributed by atoms with Crippen LogP contribution in [0.3, 0.4) is 0 Å². The average Bonchev–Trinajstić information content (AvgIpc) is 3.36. The number of benzene rings is 1. The Balaban J connectivity index is 1.44. The molecule has 1 aromatic rings. The van der Waals surface area contributed by atoms with Gasteiger partial charge in [-0.3, -0.25) is 47.9 Å². The normalized spacial score (nSPS) is 32.0. The fourth-order valence-electron chi connectivity index (χ4n) is 12.1. The van der Waals surface area contributed by atoms with Crippen molar-refractivity contribution < 1.29 is 72.1 Å². The maximum atomic E-state index is 15.3. The number of piperidine rings is 1. The summed E-state index contributed by atoms with van der Waals surface area (Å²) in [5, 5.41) is 20.1. The second kappa shape index (κ2) is 25.3. The van der Waals surface area contributed by atoms with Gasteiger partial charge in [0.1, 0.15) is 47.6 Å². The number of nitrogens with one attached hydrogen (secondary N) is 3. The fraction of sp³-hybridized carbons (Fsp3) is 0.702. The van der Waals surface area contributed by atoms with Crippen LogP contribution in [0, 0.1) is 29.6 Å². The van der Waals surface area contributed by atoms with E-state index >= 15 is 14.4 Å². The van der Waals surface area contributed by atoms with E-state index in [0.717, 1.165) is 6.92 Å². The summed E-state index contributed by atoms with van der Waals surface area (Å²) in [6.45, 7) is 16.3. The SMILES string of the molecule is CC[C@H](C)[C@H]1NC(=O)[C@@H](NC(=O)[C@H](CC(C)C)N(C)C(=O)[C@@H]2CCCN2C(=O)C(C)=O)[C@@H](C)OC(=O)C2(CC2c2ccc(OC)cc2)N(C)C(=O)[C@@H]2CCC3C(C)C[C@H](NC(=O)[C@@H](C)C(=O)[C@H](C(C)C)OC(=O)C[C@@H]1O)C(=O)N32. The number of cyclic esters (lactones) is 2. The molecular formula is C57H83N7O15. The first-order valence-corrected chi connectivity index (χ1v) is 28.0. The first-order valence-electron chi connectivity index (χ1n) is 28.0. The molecule has 1 spiro atoms. The molecule has 1 aliphatic carbocycles. The number of ketones is 2. The lowest BCUT2D eigenvalue weighted by Crippen LogP contribution is -2.63. The second-order valence-electron chi connectivity index (χ2n) is 23.4. The predicted octanol–water partition coefficient (Wildman–Crippen LogP) is 2.20. The van der Waals surface area contributed by atoms with Crippen LogP contribution in [0.5, 0.6) is 5.75 Å². The van der Waals surface area contributed by atoms with Crippen LogP contribution in [0.2, 0.25) is 0 Å². The van der Waals surface area contributed by atoms with Crippen molar-refractivity contribution in [3.63, 3.8) is 0 Å². The van der Waals surface area contributed by atoms with Crippen molar-refractivity contribution in [2.24, 2.45) is 29.6 Å². The number of likely N-dealkylation sites (tertiary alicyclic amines) is 1. The highest BCUT2D eigenvalue weighted by Gasteiger charge is 2.67. The number of carbonyl (C=O) groups excluding carboxylic acids is 11. The van der Waals surface area contributed by atoms with Gasteiger partial charge in [-0.15, -0.1) is 0 Å².